The maximum absolute atomic E-state index is 12.8. The number of hydrogen-bond donors (Lipinski definition) is 3. The molecule has 0 unspecified atom stereocenters. The predicted molar refractivity (Wildman–Crippen MR) is 127 cm³/mol. The van der Waals surface area contributed by atoms with Crippen molar-refractivity contribution in [1.29, 1.82) is 0 Å². The standard InChI is InChI=1S/C21H19Cl2N3O5S2/c1-13-6-9-19(14(2)10-13)25-32(28,29)17-5-3-4-15(11-17)21(27)24-26-33(30,31)20-12-16(22)7-8-18(20)23/h3-12,25-26H,1-2H3,(H,24,27). The van der Waals surface area contributed by atoms with E-state index in [0.29, 0.717) is 5.69 Å². The molecule has 1 amide bonds. The van der Waals surface area contributed by atoms with E-state index in [1.165, 1.54) is 30.3 Å². The smallest absolute Gasteiger partial charge is 0.266 e. The normalized spacial score (nSPS) is 11.8. The number of amides is 1. The van der Waals surface area contributed by atoms with E-state index in [0.717, 1.165) is 23.3 Å². The van der Waals surface area contributed by atoms with E-state index in [9.17, 15) is 21.6 Å². The highest BCUT2D eigenvalue weighted by molar-refractivity contribution is 7.92. The number of benzene rings is 3. The molecule has 0 heterocycles. The van der Waals surface area contributed by atoms with Gasteiger partial charge < -0.3 is 0 Å². The van der Waals surface area contributed by atoms with Crippen molar-refractivity contribution < 1.29 is 21.6 Å². The Labute approximate surface area is 202 Å². The number of hydrogen-bond acceptors (Lipinski definition) is 5. The number of carbonyl (C=O) groups excluding carboxylic acids is 1. The highest BCUT2D eigenvalue weighted by Crippen LogP contribution is 2.25. The quantitative estimate of drug-likeness (QED) is 0.400. The third kappa shape index (κ3) is 6.04. The zero-order valence-electron chi connectivity index (χ0n) is 17.4. The van der Waals surface area contributed by atoms with Gasteiger partial charge in [0.1, 0.15) is 4.90 Å². The first-order valence-corrected chi connectivity index (χ1v) is 13.1. The zero-order chi connectivity index (χ0) is 24.4. The molecule has 33 heavy (non-hydrogen) atoms. The van der Waals surface area contributed by atoms with Gasteiger partial charge in [0, 0.05) is 10.6 Å². The summed E-state index contributed by atoms with van der Waals surface area (Å²) in [7, 11) is -8.24. The molecule has 0 aliphatic rings. The minimum Gasteiger partial charge on any atom is -0.279 e. The second kappa shape index (κ2) is 9.70. The van der Waals surface area contributed by atoms with Crippen LogP contribution in [0.4, 0.5) is 5.69 Å². The Bertz CT molecular complexity index is 1440. The van der Waals surface area contributed by atoms with Crippen LogP contribution >= 0.6 is 23.2 Å². The number of sulfonamides is 2. The molecular formula is C21H19Cl2N3O5S2. The van der Waals surface area contributed by atoms with Crippen molar-refractivity contribution in [3.8, 4) is 0 Å². The molecule has 0 spiro atoms. The van der Waals surface area contributed by atoms with Crippen LogP contribution in [0.25, 0.3) is 0 Å². The van der Waals surface area contributed by atoms with Crippen molar-refractivity contribution in [2.24, 2.45) is 0 Å². The minimum atomic E-state index is -4.23. The van der Waals surface area contributed by atoms with E-state index >= 15 is 0 Å². The Kier molecular flexibility index (Phi) is 7.35. The molecule has 0 aromatic heterocycles. The van der Waals surface area contributed by atoms with Crippen LogP contribution in [0, 0.1) is 13.8 Å². The number of halogens is 2. The van der Waals surface area contributed by atoms with Crippen LogP contribution in [0.5, 0.6) is 0 Å². The van der Waals surface area contributed by atoms with Gasteiger partial charge in [-0.15, -0.1) is 4.83 Å². The number of rotatable bonds is 7. The second-order valence-corrected chi connectivity index (χ2v) is 11.3. The molecular weight excluding hydrogens is 509 g/mol. The average Bonchev–Trinajstić information content (AvgIpc) is 2.76. The lowest BCUT2D eigenvalue weighted by Crippen LogP contribution is -2.41. The van der Waals surface area contributed by atoms with Gasteiger partial charge in [-0.05, 0) is 61.9 Å². The third-order valence-corrected chi connectivity index (χ3v) is 7.84. The Morgan fingerprint density at radius 2 is 1.58 bits per heavy atom. The summed E-state index contributed by atoms with van der Waals surface area (Å²) < 4.78 is 53.0. The van der Waals surface area contributed by atoms with Crippen molar-refractivity contribution in [2.45, 2.75) is 23.6 Å². The number of carbonyl (C=O) groups is 1. The molecule has 0 fully saturated rings. The number of aryl methyl sites for hydroxylation is 2. The highest BCUT2D eigenvalue weighted by Gasteiger charge is 2.21. The summed E-state index contributed by atoms with van der Waals surface area (Å²) in [6.45, 7) is 3.66. The van der Waals surface area contributed by atoms with Crippen LogP contribution < -0.4 is 15.0 Å². The maximum atomic E-state index is 12.8. The molecule has 0 saturated carbocycles. The summed E-state index contributed by atoms with van der Waals surface area (Å²) in [5.74, 6) is -0.875. The number of anilines is 1. The molecule has 0 aliphatic heterocycles. The monoisotopic (exact) mass is 527 g/mol. The fourth-order valence-corrected chi connectivity index (χ4v) is 5.64. The Hall–Kier alpha value is -2.63. The number of hydrazine groups is 1. The lowest BCUT2D eigenvalue weighted by Gasteiger charge is -2.13. The topological polar surface area (TPSA) is 121 Å². The van der Waals surface area contributed by atoms with E-state index in [1.807, 2.05) is 23.2 Å². The van der Waals surface area contributed by atoms with Gasteiger partial charge >= 0.3 is 0 Å². The van der Waals surface area contributed by atoms with Gasteiger partial charge in [-0.3, -0.25) is 14.9 Å². The molecule has 3 aromatic carbocycles. The van der Waals surface area contributed by atoms with Crippen molar-refractivity contribution in [2.75, 3.05) is 4.72 Å². The first-order valence-electron chi connectivity index (χ1n) is 9.36. The summed E-state index contributed by atoms with van der Waals surface area (Å²) in [6.07, 6.45) is 0. The van der Waals surface area contributed by atoms with E-state index in [1.54, 1.807) is 19.1 Å². The Morgan fingerprint density at radius 3 is 2.27 bits per heavy atom. The van der Waals surface area contributed by atoms with E-state index in [2.05, 4.69) is 4.72 Å². The van der Waals surface area contributed by atoms with Gasteiger partial charge in [0.25, 0.3) is 26.0 Å². The Balaban J connectivity index is 1.78. The van der Waals surface area contributed by atoms with Crippen LogP contribution in [0.3, 0.4) is 0 Å². The van der Waals surface area contributed by atoms with Crippen LogP contribution in [0.1, 0.15) is 21.5 Å². The van der Waals surface area contributed by atoms with Crippen molar-refractivity contribution >= 4 is 54.8 Å². The second-order valence-electron chi connectivity index (χ2n) is 7.09. The lowest BCUT2D eigenvalue weighted by molar-refractivity contribution is 0.0945. The summed E-state index contributed by atoms with van der Waals surface area (Å²) in [5.41, 5.74) is 4.07. The molecule has 0 saturated heterocycles. The fourth-order valence-electron chi connectivity index (χ4n) is 2.86. The van der Waals surface area contributed by atoms with Gasteiger partial charge in [0.05, 0.1) is 15.6 Å². The molecule has 174 valence electrons. The van der Waals surface area contributed by atoms with Gasteiger partial charge in [-0.2, -0.15) is 0 Å². The van der Waals surface area contributed by atoms with E-state index < -0.39 is 26.0 Å². The minimum absolute atomic E-state index is 0.0848. The van der Waals surface area contributed by atoms with Crippen LogP contribution in [-0.4, -0.2) is 22.7 Å². The molecule has 3 rings (SSSR count). The average molecular weight is 528 g/mol. The largest absolute Gasteiger partial charge is 0.279 e. The SMILES string of the molecule is Cc1ccc(NS(=O)(=O)c2cccc(C(=O)NNS(=O)(=O)c3cc(Cl)ccc3Cl)c2)c(C)c1. The summed E-state index contributed by atoms with van der Waals surface area (Å²) >= 11 is 11.7. The third-order valence-electron chi connectivity index (χ3n) is 4.51. The molecule has 3 aromatic rings. The van der Waals surface area contributed by atoms with Crippen LogP contribution in [-0.2, 0) is 20.0 Å². The molecule has 0 radical (unpaired) electrons. The first-order chi connectivity index (χ1) is 15.4. The van der Waals surface area contributed by atoms with Crippen molar-refractivity contribution in [3.63, 3.8) is 0 Å². The summed E-state index contributed by atoms with van der Waals surface area (Å²) in [5, 5.41) is 0.0482. The Morgan fingerprint density at radius 1 is 0.848 bits per heavy atom. The van der Waals surface area contributed by atoms with Crippen molar-refractivity contribution in [3.05, 3.63) is 87.4 Å². The van der Waals surface area contributed by atoms with Crippen molar-refractivity contribution in [1.82, 2.24) is 10.3 Å². The molecule has 0 bridgehead atoms. The maximum Gasteiger partial charge on any atom is 0.266 e. The molecule has 3 N–H and O–H groups in total. The fraction of sp³-hybridized carbons (Fsp3) is 0.0952. The summed E-state index contributed by atoms with van der Waals surface area (Å²) in [6, 6.07) is 14.3. The zero-order valence-corrected chi connectivity index (χ0v) is 20.5. The van der Waals surface area contributed by atoms with Gasteiger partial charge in [-0.1, -0.05) is 47.0 Å². The van der Waals surface area contributed by atoms with Crippen LogP contribution in [0.2, 0.25) is 10.0 Å². The highest BCUT2D eigenvalue weighted by atomic mass is 35.5. The summed E-state index contributed by atoms with van der Waals surface area (Å²) in [4.78, 5) is 13.9. The molecule has 12 heteroatoms. The van der Waals surface area contributed by atoms with E-state index in [4.69, 9.17) is 23.2 Å². The number of nitrogens with one attached hydrogen (secondary N) is 3. The van der Waals surface area contributed by atoms with Gasteiger partial charge in [0.15, 0.2) is 0 Å². The molecule has 0 atom stereocenters. The first kappa shape index (κ1) is 25.0. The van der Waals surface area contributed by atoms with E-state index in [-0.39, 0.29) is 25.4 Å². The van der Waals surface area contributed by atoms with Gasteiger partial charge in [0.2, 0.25) is 0 Å². The molecule has 8 nitrogen and oxygen atoms in total. The molecule has 0 aliphatic carbocycles. The lowest BCUT2D eigenvalue weighted by atomic mass is 10.1. The van der Waals surface area contributed by atoms with Gasteiger partial charge in [-0.25, -0.2) is 16.8 Å². The van der Waals surface area contributed by atoms with Crippen LogP contribution in [0.15, 0.2) is 70.5 Å². The predicted octanol–water partition coefficient (Wildman–Crippen LogP) is 4.03.